The maximum Gasteiger partial charge on any atom is 0.272 e. The minimum Gasteiger partial charge on any atom is -0.399 e. The molecule has 0 bridgehead atoms. The van der Waals surface area contributed by atoms with E-state index in [2.05, 4.69) is 22.4 Å². The number of aromatic amines is 1. The van der Waals surface area contributed by atoms with Gasteiger partial charge in [0.25, 0.3) is 5.91 Å². The molecule has 1 aliphatic carbocycles. The van der Waals surface area contributed by atoms with Crippen molar-refractivity contribution in [1.29, 1.82) is 0 Å². The number of nitrogens with one attached hydrogen (secondary N) is 2. The Labute approximate surface area is 111 Å². The van der Waals surface area contributed by atoms with Crippen molar-refractivity contribution in [3.05, 3.63) is 23.9 Å². The molecule has 1 heterocycles. The van der Waals surface area contributed by atoms with Gasteiger partial charge in [-0.3, -0.25) is 9.89 Å². The third kappa shape index (κ3) is 2.16. The van der Waals surface area contributed by atoms with Crippen LogP contribution in [0.3, 0.4) is 0 Å². The number of nitrogens with two attached hydrogens (primary N) is 1. The molecule has 1 saturated carbocycles. The van der Waals surface area contributed by atoms with Gasteiger partial charge >= 0.3 is 0 Å². The van der Waals surface area contributed by atoms with Crippen molar-refractivity contribution in [2.24, 2.45) is 5.41 Å². The molecule has 5 nitrogen and oxygen atoms in total. The zero-order valence-corrected chi connectivity index (χ0v) is 11.0. The Balaban J connectivity index is 1.79. The number of rotatable bonds is 3. The minimum atomic E-state index is -0.134. The predicted octanol–water partition coefficient (Wildman–Crippen LogP) is 2.07. The highest BCUT2D eigenvalue weighted by molar-refractivity contribution is 6.05. The molecule has 5 heteroatoms. The summed E-state index contributed by atoms with van der Waals surface area (Å²) >= 11 is 0. The molecule has 1 fully saturated rings. The van der Waals surface area contributed by atoms with E-state index < -0.39 is 0 Å². The summed E-state index contributed by atoms with van der Waals surface area (Å²) in [4.78, 5) is 12.2. The van der Waals surface area contributed by atoms with Crippen molar-refractivity contribution in [3.8, 4) is 0 Å². The number of nitrogens with zero attached hydrogens (tertiary/aromatic N) is 1. The quantitative estimate of drug-likeness (QED) is 0.737. The zero-order chi connectivity index (χ0) is 13.5. The van der Waals surface area contributed by atoms with Gasteiger partial charge in [-0.25, -0.2) is 0 Å². The van der Waals surface area contributed by atoms with Crippen molar-refractivity contribution < 1.29 is 4.79 Å². The van der Waals surface area contributed by atoms with Crippen LogP contribution >= 0.6 is 0 Å². The number of carbonyl (C=O) groups excluding carboxylic acids is 1. The van der Waals surface area contributed by atoms with Gasteiger partial charge < -0.3 is 11.1 Å². The first-order chi connectivity index (χ1) is 9.07. The van der Waals surface area contributed by atoms with Crippen LogP contribution in [-0.4, -0.2) is 22.6 Å². The summed E-state index contributed by atoms with van der Waals surface area (Å²) in [7, 11) is 0. The van der Waals surface area contributed by atoms with Gasteiger partial charge in [0.1, 0.15) is 0 Å². The van der Waals surface area contributed by atoms with Crippen molar-refractivity contribution in [1.82, 2.24) is 15.5 Å². The lowest BCUT2D eigenvalue weighted by Crippen LogP contribution is -2.40. The van der Waals surface area contributed by atoms with E-state index in [0.717, 1.165) is 10.9 Å². The normalized spacial score (nSPS) is 17.1. The second kappa shape index (κ2) is 4.26. The first kappa shape index (κ1) is 12.0. The monoisotopic (exact) mass is 258 g/mol. The number of carbonyl (C=O) groups is 1. The van der Waals surface area contributed by atoms with Crippen LogP contribution in [0, 0.1) is 5.41 Å². The maximum absolute atomic E-state index is 12.2. The molecule has 1 amide bonds. The van der Waals surface area contributed by atoms with E-state index in [0.29, 0.717) is 17.9 Å². The Morgan fingerprint density at radius 2 is 2.32 bits per heavy atom. The molecular formula is C14H18N4O. The van der Waals surface area contributed by atoms with E-state index in [1.165, 1.54) is 19.3 Å². The van der Waals surface area contributed by atoms with Gasteiger partial charge in [0, 0.05) is 17.6 Å². The van der Waals surface area contributed by atoms with Crippen LogP contribution in [0.2, 0.25) is 0 Å². The number of fused-ring (bicyclic) bond motifs is 1. The average Bonchev–Trinajstić information content (AvgIpc) is 2.76. The third-order valence-electron chi connectivity index (χ3n) is 4.04. The highest BCUT2D eigenvalue weighted by Crippen LogP contribution is 2.39. The molecular weight excluding hydrogens is 240 g/mol. The van der Waals surface area contributed by atoms with E-state index >= 15 is 0 Å². The number of hydrogen-bond acceptors (Lipinski definition) is 3. The van der Waals surface area contributed by atoms with E-state index in [1.54, 1.807) is 12.1 Å². The minimum absolute atomic E-state index is 0.134. The Morgan fingerprint density at radius 1 is 1.53 bits per heavy atom. The summed E-state index contributed by atoms with van der Waals surface area (Å²) in [5, 5.41) is 10.7. The summed E-state index contributed by atoms with van der Waals surface area (Å²) in [5.74, 6) is -0.134. The van der Waals surface area contributed by atoms with Crippen LogP contribution < -0.4 is 11.1 Å². The van der Waals surface area contributed by atoms with Crippen molar-refractivity contribution >= 4 is 22.5 Å². The number of H-pyrrole nitrogens is 1. The Hall–Kier alpha value is -2.04. The highest BCUT2D eigenvalue weighted by atomic mass is 16.1. The molecule has 1 aliphatic rings. The third-order valence-corrected chi connectivity index (χ3v) is 4.04. The highest BCUT2D eigenvalue weighted by Gasteiger charge is 2.32. The fraction of sp³-hybridized carbons (Fsp3) is 0.429. The molecule has 100 valence electrons. The topological polar surface area (TPSA) is 83.8 Å². The van der Waals surface area contributed by atoms with Gasteiger partial charge in [0.15, 0.2) is 5.69 Å². The average molecular weight is 258 g/mol. The van der Waals surface area contributed by atoms with E-state index in [9.17, 15) is 4.79 Å². The molecule has 0 saturated heterocycles. The van der Waals surface area contributed by atoms with Crippen LogP contribution in [0.5, 0.6) is 0 Å². The Bertz CT molecular complexity index is 627. The van der Waals surface area contributed by atoms with Crippen LogP contribution in [0.25, 0.3) is 10.9 Å². The lowest BCUT2D eigenvalue weighted by Gasteiger charge is -2.38. The van der Waals surface area contributed by atoms with Crippen LogP contribution in [0.4, 0.5) is 5.69 Å². The van der Waals surface area contributed by atoms with Crippen LogP contribution in [0.1, 0.15) is 36.7 Å². The molecule has 1 aromatic carbocycles. The molecule has 0 unspecified atom stereocenters. The van der Waals surface area contributed by atoms with E-state index in [1.807, 2.05) is 6.07 Å². The standard InChI is InChI=1S/C14H18N4O/c1-14(5-2-6-14)8-16-13(19)12-10-7-9(15)3-4-11(10)17-18-12/h3-4,7H,2,5-6,8,15H2,1H3,(H,16,19)(H,17,18). The fourth-order valence-electron chi connectivity index (χ4n) is 2.54. The van der Waals surface area contributed by atoms with Crippen molar-refractivity contribution in [3.63, 3.8) is 0 Å². The zero-order valence-electron chi connectivity index (χ0n) is 11.0. The van der Waals surface area contributed by atoms with Gasteiger partial charge in [0.2, 0.25) is 0 Å². The second-order valence-corrected chi connectivity index (χ2v) is 5.72. The van der Waals surface area contributed by atoms with Gasteiger partial charge in [-0.05, 0) is 36.5 Å². The van der Waals surface area contributed by atoms with Crippen molar-refractivity contribution in [2.75, 3.05) is 12.3 Å². The molecule has 1 aromatic heterocycles. The lowest BCUT2D eigenvalue weighted by molar-refractivity contribution is 0.0887. The second-order valence-electron chi connectivity index (χ2n) is 5.72. The molecule has 0 radical (unpaired) electrons. The Morgan fingerprint density at radius 3 is 3.00 bits per heavy atom. The number of hydrogen-bond donors (Lipinski definition) is 3. The first-order valence-electron chi connectivity index (χ1n) is 6.59. The smallest absolute Gasteiger partial charge is 0.272 e. The summed E-state index contributed by atoms with van der Waals surface area (Å²) in [6.07, 6.45) is 3.62. The fourth-order valence-corrected chi connectivity index (χ4v) is 2.54. The van der Waals surface area contributed by atoms with E-state index in [4.69, 9.17) is 5.73 Å². The first-order valence-corrected chi connectivity index (χ1v) is 6.59. The molecule has 2 aromatic rings. The maximum atomic E-state index is 12.2. The molecule has 0 aliphatic heterocycles. The number of nitrogen functional groups attached to an aromatic ring is 1. The van der Waals surface area contributed by atoms with Crippen molar-refractivity contribution in [2.45, 2.75) is 26.2 Å². The SMILES string of the molecule is CC1(CNC(=O)c2n[nH]c3ccc(N)cc23)CCC1. The summed E-state index contributed by atoms with van der Waals surface area (Å²) in [6.45, 7) is 2.92. The molecule has 0 atom stereocenters. The number of benzene rings is 1. The van der Waals surface area contributed by atoms with Gasteiger partial charge in [0.05, 0.1) is 5.52 Å². The van der Waals surface area contributed by atoms with E-state index in [-0.39, 0.29) is 11.3 Å². The summed E-state index contributed by atoms with van der Waals surface area (Å²) in [6, 6.07) is 5.40. The summed E-state index contributed by atoms with van der Waals surface area (Å²) < 4.78 is 0. The largest absolute Gasteiger partial charge is 0.399 e. The molecule has 19 heavy (non-hydrogen) atoms. The van der Waals surface area contributed by atoms with Crippen LogP contribution in [-0.2, 0) is 0 Å². The number of amides is 1. The number of anilines is 1. The van der Waals surface area contributed by atoms with Gasteiger partial charge in [-0.15, -0.1) is 0 Å². The van der Waals surface area contributed by atoms with Gasteiger partial charge in [-0.1, -0.05) is 13.3 Å². The molecule has 0 spiro atoms. The Kier molecular flexibility index (Phi) is 2.69. The van der Waals surface area contributed by atoms with Gasteiger partial charge in [-0.2, -0.15) is 5.10 Å². The molecule has 4 N–H and O–H groups in total. The summed E-state index contributed by atoms with van der Waals surface area (Å²) in [5.41, 5.74) is 7.90. The number of aromatic nitrogens is 2. The lowest BCUT2D eigenvalue weighted by atomic mass is 9.70. The van der Waals surface area contributed by atoms with Crippen LogP contribution in [0.15, 0.2) is 18.2 Å². The predicted molar refractivity (Wildman–Crippen MR) is 74.8 cm³/mol. The molecule has 3 rings (SSSR count).